The molecule has 0 bridgehead atoms. The van der Waals surface area contributed by atoms with Crippen LogP contribution in [0.5, 0.6) is 0 Å². The summed E-state index contributed by atoms with van der Waals surface area (Å²) in [5, 5.41) is 3.77. The molecule has 0 aliphatic carbocycles. The molecule has 0 aromatic heterocycles. The molecule has 2 atom stereocenters. The van der Waals surface area contributed by atoms with E-state index in [-0.39, 0.29) is 0 Å². The number of nitrogens with one attached hydrogen (secondary N) is 1. The summed E-state index contributed by atoms with van der Waals surface area (Å²) in [5.74, 6) is 0. The summed E-state index contributed by atoms with van der Waals surface area (Å²) in [7, 11) is 0. The highest BCUT2D eigenvalue weighted by Crippen LogP contribution is 2.16. The Morgan fingerprint density at radius 1 is 1.00 bits per heavy atom. The third-order valence-corrected chi connectivity index (χ3v) is 3.33. The van der Waals surface area contributed by atoms with Crippen molar-refractivity contribution < 1.29 is 0 Å². The van der Waals surface area contributed by atoms with Gasteiger partial charge in [-0.1, -0.05) is 63.4 Å². The highest BCUT2D eigenvalue weighted by Gasteiger charge is 2.11. The van der Waals surface area contributed by atoms with E-state index in [4.69, 9.17) is 0 Å². The lowest BCUT2D eigenvalue weighted by molar-refractivity contribution is 0.396. The van der Waals surface area contributed by atoms with Gasteiger partial charge in [-0.05, 0) is 25.3 Å². The number of hydrogen-bond donors (Lipinski definition) is 1. The predicted molar refractivity (Wildman–Crippen MR) is 76.2 cm³/mol. The molecule has 2 unspecified atom stereocenters. The zero-order valence-electron chi connectivity index (χ0n) is 11.6. The average Bonchev–Trinajstić information content (AvgIpc) is 2.37. The molecule has 0 aliphatic rings. The van der Waals surface area contributed by atoms with Crippen LogP contribution in [-0.4, -0.2) is 6.04 Å². The van der Waals surface area contributed by atoms with Crippen molar-refractivity contribution >= 4 is 0 Å². The normalized spacial score (nSPS) is 14.5. The van der Waals surface area contributed by atoms with E-state index in [2.05, 4.69) is 56.4 Å². The zero-order valence-corrected chi connectivity index (χ0v) is 11.6. The van der Waals surface area contributed by atoms with Crippen LogP contribution in [0, 0.1) is 0 Å². The molecule has 0 spiro atoms. The third kappa shape index (κ3) is 5.36. The van der Waals surface area contributed by atoms with Crippen LogP contribution in [0.2, 0.25) is 0 Å². The highest BCUT2D eigenvalue weighted by atomic mass is 14.9. The minimum absolute atomic E-state index is 0.463. The van der Waals surface area contributed by atoms with Crippen molar-refractivity contribution in [3.05, 3.63) is 35.9 Å². The Labute approximate surface area is 107 Å². The Morgan fingerprint density at radius 3 is 2.29 bits per heavy atom. The monoisotopic (exact) mass is 233 g/mol. The van der Waals surface area contributed by atoms with E-state index in [0.717, 1.165) is 0 Å². The van der Waals surface area contributed by atoms with Gasteiger partial charge in [-0.2, -0.15) is 0 Å². The molecular weight excluding hydrogens is 206 g/mol. The van der Waals surface area contributed by atoms with Crippen LogP contribution in [0.15, 0.2) is 30.3 Å². The van der Waals surface area contributed by atoms with Gasteiger partial charge < -0.3 is 5.32 Å². The maximum Gasteiger partial charge on any atom is 0.0294 e. The van der Waals surface area contributed by atoms with Crippen molar-refractivity contribution in [3.63, 3.8) is 0 Å². The highest BCUT2D eigenvalue weighted by molar-refractivity contribution is 5.18. The number of rotatable bonds is 8. The molecule has 1 heteroatoms. The smallest absolute Gasteiger partial charge is 0.0294 e. The van der Waals surface area contributed by atoms with Crippen molar-refractivity contribution in [1.29, 1.82) is 0 Å². The van der Waals surface area contributed by atoms with Gasteiger partial charge in [0.2, 0.25) is 0 Å². The Morgan fingerprint density at radius 2 is 1.71 bits per heavy atom. The van der Waals surface area contributed by atoms with Gasteiger partial charge in [-0.15, -0.1) is 0 Å². The summed E-state index contributed by atoms with van der Waals surface area (Å²) in [5.41, 5.74) is 1.39. The molecule has 0 radical (unpaired) electrons. The van der Waals surface area contributed by atoms with Crippen LogP contribution in [0.25, 0.3) is 0 Å². The summed E-state index contributed by atoms with van der Waals surface area (Å²) in [4.78, 5) is 0. The van der Waals surface area contributed by atoms with E-state index in [1.54, 1.807) is 0 Å². The molecule has 0 saturated heterocycles. The molecule has 96 valence electrons. The molecule has 1 rings (SSSR count). The predicted octanol–water partition coefficient (Wildman–Crippen LogP) is 4.70. The van der Waals surface area contributed by atoms with E-state index in [0.29, 0.717) is 12.1 Å². The summed E-state index contributed by atoms with van der Waals surface area (Å²) < 4.78 is 0. The molecule has 1 nitrogen and oxygen atoms in total. The first-order valence-electron chi connectivity index (χ1n) is 7.08. The van der Waals surface area contributed by atoms with Crippen LogP contribution in [0.3, 0.4) is 0 Å². The molecule has 1 aromatic rings. The van der Waals surface area contributed by atoms with E-state index in [1.807, 2.05) is 0 Å². The molecular formula is C16H27N. The average molecular weight is 233 g/mol. The van der Waals surface area contributed by atoms with Gasteiger partial charge in [0.1, 0.15) is 0 Å². The lowest BCUT2D eigenvalue weighted by Gasteiger charge is -2.23. The fourth-order valence-corrected chi connectivity index (χ4v) is 2.30. The first-order valence-corrected chi connectivity index (χ1v) is 7.08. The summed E-state index contributed by atoms with van der Waals surface area (Å²) in [6.45, 7) is 6.81. The van der Waals surface area contributed by atoms with Gasteiger partial charge in [0.25, 0.3) is 0 Å². The minimum atomic E-state index is 0.463. The molecule has 1 N–H and O–H groups in total. The molecule has 1 aromatic carbocycles. The molecule has 0 heterocycles. The SMILES string of the molecule is CCCCC(CCC)NC(C)c1ccccc1. The van der Waals surface area contributed by atoms with Crippen molar-refractivity contribution in [2.75, 3.05) is 0 Å². The van der Waals surface area contributed by atoms with E-state index in [1.165, 1.54) is 37.7 Å². The van der Waals surface area contributed by atoms with Crippen LogP contribution in [0.4, 0.5) is 0 Å². The summed E-state index contributed by atoms with van der Waals surface area (Å²) in [6.07, 6.45) is 6.49. The lowest BCUT2D eigenvalue weighted by atomic mass is 10.0. The first kappa shape index (κ1) is 14.2. The van der Waals surface area contributed by atoms with Crippen LogP contribution in [-0.2, 0) is 0 Å². The second-order valence-corrected chi connectivity index (χ2v) is 4.93. The van der Waals surface area contributed by atoms with Crippen molar-refractivity contribution in [1.82, 2.24) is 5.32 Å². The lowest BCUT2D eigenvalue weighted by Crippen LogP contribution is -2.31. The van der Waals surface area contributed by atoms with Crippen molar-refractivity contribution in [3.8, 4) is 0 Å². The van der Waals surface area contributed by atoms with Crippen LogP contribution >= 0.6 is 0 Å². The summed E-state index contributed by atoms with van der Waals surface area (Å²) in [6, 6.07) is 11.9. The Bertz CT molecular complexity index is 281. The van der Waals surface area contributed by atoms with Gasteiger partial charge >= 0.3 is 0 Å². The standard InChI is InChI=1S/C16H27N/c1-4-6-13-16(10-5-2)17-14(3)15-11-8-7-9-12-15/h7-9,11-12,14,16-17H,4-6,10,13H2,1-3H3. The fourth-order valence-electron chi connectivity index (χ4n) is 2.30. The largest absolute Gasteiger partial charge is 0.307 e. The quantitative estimate of drug-likeness (QED) is 0.686. The second-order valence-electron chi connectivity index (χ2n) is 4.93. The Kier molecular flexibility index (Phi) is 6.95. The first-order chi connectivity index (χ1) is 8.27. The molecule has 17 heavy (non-hydrogen) atoms. The number of benzene rings is 1. The van der Waals surface area contributed by atoms with Gasteiger partial charge in [0.15, 0.2) is 0 Å². The van der Waals surface area contributed by atoms with Crippen LogP contribution < -0.4 is 5.32 Å². The zero-order chi connectivity index (χ0) is 12.5. The number of hydrogen-bond acceptors (Lipinski definition) is 1. The fraction of sp³-hybridized carbons (Fsp3) is 0.625. The van der Waals surface area contributed by atoms with Crippen molar-refractivity contribution in [2.45, 2.75) is 65.0 Å². The van der Waals surface area contributed by atoms with Gasteiger partial charge in [0.05, 0.1) is 0 Å². The molecule has 0 amide bonds. The van der Waals surface area contributed by atoms with E-state index >= 15 is 0 Å². The number of unbranched alkanes of at least 4 members (excludes halogenated alkanes) is 1. The Hall–Kier alpha value is -0.820. The molecule has 0 fully saturated rings. The van der Waals surface area contributed by atoms with Crippen LogP contribution in [0.1, 0.15) is 64.5 Å². The molecule has 0 aliphatic heterocycles. The topological polar surface area (TPSA) is 12.0 Å². The third-order valence-electron chi connectivity index (χ3n) is 3.33. The van der Waals surface area contributed by atoms with Gasteiger partial charge in [-0.3, -0.25) is 0 Å². The molecule has 0 saturated carbocycles. The van der Waals surface area contributed by atoms with Gasteiger partial charge in [-0.25, -0.2) is 0 Å². The Balaban J connectivity index is 2.48. The maximum atomic E-state index is 3.77. The summed E-state index contributed by atoms with van der Waals surface area (Å²) >= 11 is 0. The van der Waals surface area contributed by atoms with E-state index < -0.39 is 0 Å². The van der Waals surface area contributed by atoms with E-state index in [9.17, 15) is 0 Å². The second kappa shape index (κ2) is 8.30. The van der Waals surface area contributed by atoms with Gasteiger partial charge in [0, 0.05) is 12.1 Å². The van der Waals surface area contributed by atoms with Crippen molar-refractivity contribution in [2.24, 2.45) is 0 Å². The minimum Gasteiger partial charge on any atom is -0.307 e. The maximum absolute atomic E-state index is 3.77.